The van der Waals surface area contributed by atoms with Crippen LogP contribution in [0.5, 0.6) is 0 Å². The lowest BCUT2D eigenvalue weighted by molar-refractivity contribution is -0.0691. The third kappa shape index (κ3) is 5.54. The lowest BCUT2D eigenvalue weighted by Gasteiger charge is -2.39. The maximum absolute atomic E-state index is 13.0. The standard InChI is InChI=1S/C23H30N2O4/c1-15-10-20(11-16(2)28-15)25(22(27)29-23(3,4)5)13-17-6-9-21-18(12-17)7-8-19(14-26)24-21/h6-9,12,14-16,20H,10-11,13H2,1-5H3/t15-,16-/m0/s1. The van der Waals surface area contributed by atoms with Crippen molar-refractivity contribution in [2.75, 3.05) is 0 Å². The molecule has 3 rings (SSSR count). The molecule has 2 aromatic rings. The largest absolute Gasteiger partial charge is 0.444 e. The van der Waals surface area contributed by atoms with Crippen molar-refractivity contribution < 1.29 is 19.1 Å². The van der Waals surface area contributed by atoms with E-state index in [0.29, 0.717) is 12.2 Å². The van der Waals surface area contributed by atoms with E-state index in [1.165, 1.54) is 0 Å². The summed E-state index contributed by atoms with van der Waals surface area (Å²) in [6.07, 6.45) is 2.18. The Bertz CT molecular complexity index is 880. The summed E-state index contributed by atoms with van der Waals surface area (Å²) in [6, 6.07) is 9.49. The van der Waals surface area contributed by atoms with Crippen molar-refractivity contribution in [3.05, 3.63) is 41.6 Å². The summed E-state index contributed by atoms with van der Waals surface area (Å²) in [5, 5.41) is 0.936. The Labute approximate surface area is 172 Å². The van der Waals surface area contributed by atoms with Crippen LogP contribution in [-0.2, 0) is 16.0 Å². The summed E-state index contributed by atoms with van der Waals surface area (Å²) in [5.74, 6) is 0. The first-order chi connectivity index (χ1) is 13.6. The summed E-state index contributed by atoms with van der Waals surface area (Å²) in [7, 11) is 0. The maximum atomic E-state index is 13.0. The topological polar surface area (TPSA) is 68.7 Å². The minimum Gasteiger partial charge on any atom is -0.444 e. The molecule has 156 valence electrons. The van der Waals surface area contributed by atoms with Crippen molar-refractivity contribution in [1.82, 2.24) is 9.88 Å². The van der Waals surface area contributed by atoms with E-state index < -0.39 is 5.60 Å². The second-order valence-corrected chi connectivity index (χ2v) is 8.87. The Kier molecular flexibility index (Phi) is 6.22. The molecule has 1 amide bonds. The van der Waals surface area contributed by atoms with Crippen LogP contribution < -0.4 is 0 Å². The van der Waals surface area contributed by atoms with Crippen LogP contribution >= 0.6 is 0 Å². The van der Waals surface area contributed by atoms with Gasteiger partial charge in [-0.1, -0.05) is 12.1 Å². The third-order valence-corrected chi connectivity index (χ3v) is 4.99. The van der Waals surface area contributed by atoms with Gasteiger partial charge in [0.15, 0.2) is 6.29 Å². The van der Waals surface area contributed by atoms with Gasteiger partial charge in [0.05, 0.1) is 17.7 Å². The number of fused-ring (bicyclic) bond motifs is 1. The molecule has 2 atom stereocenters. The molecule has 1 aliphatic heterocycles. The molecule has 1 fully saturated rings. The Morgan fingerprint density at radius 3 is 2.52 bits per heavy atom. The van der Waals surface area contributed by atoms with E-state index in [4.69, 9.17) is 9.47 Å². The molecule has 0 spiro atoms. The highest BCUT2D eigenvalue weighted by Gasteiger charge is 2.34. The van der Waals surface area contributed by atoms with Crippen molar-refractivity contribution in [3.8, 4) is 0 Å². The van der Waals surface area contributed by atoms with Gasteiger partial charge in [-0.05, 0) is 71.2 Å². The zero-order valence-electron chi connectivity index (χ0n) is 17.8. The van der Waals surface area contributed by atoms with Gasteiger partial charge in [0.2, 0.25) is 0 Å². The van der Waals surface area contributed by atoms with E-state index in [-0.39, 0.29) is 24.3 Å². The first-order valence-corrected chi connectivity index (χ1v) is 10.1. The van der Waals surface area contributed by atoms with Crippen LogP contribution in [-0.4, -0.2) is 46.1 Å². The second kappa shape index (κ2) is 8.49. The number of amides is 1. The predicted octanol–water partition coefficient (Wildman–Crippen LogP) is 4.74. The highest BCUT2D eigenvalue weighted by Crippen LogP contribution is 2.27. The molecule has 0 bridgehead atoms. The van der Waals surface area contributed by atoms with E-state index in [1.807, 2.05) is 63.8 Å². The van der Waals surface area contributed by atoms with Crippen LogP contribution in [0.15, 0.2) is 30.3 Å². The van der Waals surface area contributed by atoms with Crippen LogP contribution in [0.4, 0.5) is 4.79 Å². The van der Waals surface area contributed by atoms with Gasteiger partial charge in [-0.2, -0.15) is 0 Å². The monoisotopic (exact) mass is 398 g/mol. The highest BCUT2D eigenvalue weighted by atomic mass is 16.6. The van der Waals surface area contributed by atoms with E-state index in [9.17, 15) is 9.59 Å². The van der Waals surface area contributed by atoms with Gasteiger partial charge in [-0.15, -0.1) is 0 Å². The number of hydrogen-bond acceptors (Lipinski definition) is 5. The van der Waals surface area contributed by atoms with Crippen molar-refractivity contribution in [2.45, 2.75) is 77.9 Å². The Morgan fingerprint density at radius 1 is 1.21 bits per heavy atom. The van der Waals surface area contributed by atoms with Crippen molar-refractivity contribution in [2.24, 2.45) is 0 Å². The molecule has 6 nitrogen and oxygen atoms in total. The normalized spacial score (nSPS) is 22.3. The third-order valence-electron chi connectivity index (χ3n) is 4.99. The fourth-order valence-electron chi connectivity index (χ4n) is 3.84. The van der Waals surface area contributed by atoms with Gasteiger partial charge < -0.3 is 14.4 Å². The van der Waals surface area contributed by atoms with Crippen LogP contribution in [0, 0.1) is 0 Å². The minimum atomic E-state index is -0.559. The van der Waals surface area contributed by atoms with Crippen molar-refractivity contribution in [3.63, 3.8) is 0 Å². The van der Waals surface area contributed by atoms with Gasteiger partial charge in [-0.3, -0.25) is 4.79 Å². The lowest BCUT2D eigenvalue weighted by atomic mass is 9.97. The number of pyridine rings is 1. The second-order valence-electron chi connectivity index (χ2n) is 8.87. The first kappa shape index (κ1) is 21.2. The number of rotatable bonds is 4. The van der Waals surface area contributed by atoms with Gasteiger partial charge in [-0.25, -0.2) is 9.78 Å². The average molecular weight is 399 g/mol. The Hall–Kier alpha value is -2.47. The number of aldehydes is 1. The summed E-state index contributed by atoms with van der Waals surface area (Å²) in [6.45, 7) is 10.2. The number of benzene rings is 1. The van der Waals surface area contributed by atoms with Crippen LogP contribution in [0.3, 0.4) is 0 Å². The fourth-order valence-corrected chi connectivity index (χ4v) is 3.84. The van der Waals surface area contributed by atoms with E-state index in [2.05, 4.69) is 4.98 Å². The van der Waals surface area contributed by atoms with Gasteiger partial charge in [0.25, 0.3) is 0 Å². The molecule has 0 unspecified atom stereocenters. The molecule has 6 heteroatoms. The molecule has 0 saturated carbocycles. The molecular formula is C23H30N2O4. The molecule has 1 aromatic carbocycles. The number of ether oxygens (including phenoxy) is 2. The molecule has 0 radical (unpaired) electrons. The number of nitrogens with zero attached hydrogens (tertiary/aromatic N) is 2. The molecule has 0 N–H and O–H groups in total. The van der Waals surface area contributed by atoms with E-state index >= 15 is 0 Å². The highest BCUT2D eigenvalue weighted by molar-refractivity contribution is 5.84. The first-order valence-electron chi connectivity index (χ1n) is 10.1. The fraction of sp³-hybridized carbons (Fsp3) is 0.522. The maximum Gasteiger partial charge on any atom is 0.410 e. The predicted molar refractivity (Wildman–Crippen MR) is 112 cm³/mol. The van der Waals surface area contributed by atoms with Gasteiger partial charge in [0, 0.05) is 18.0 Å². The van der Waals surface area contributed by atoms with Crippen molar-refractivity contribution >= 4 is 23.3 Å². The summed E-state index contributed by atoms with van der Waals surface area (Å²) in [4.78, 5) is 30.1. The number of hydrogen-bond donors (Lipinski definition) is 0. The Balaban J connectivity index is 1.88. The quantitative estimate of drug-likeness (QED) is 0.696. The Morgan fingerprint density at radius 2 is 1.90 bits per heavy atom. The van der Waals surface area contributed by atoms with E-state index in [0.717, 1.165) is 35.6 Å². The zero-order valence-corrected chi connectivity index (χ0v) is 17.8. The average Bonchev–Trinajstić information content (AvgIpc) is 2.63. The molecule has 1 aromatic heterocycles. The molecule has 1 aliphatic rings. The molecule has 0 aliphatic carbocycles. The lowest BCUT2D eigenvalue weighted by Crippen LogP contribution is -2.48. The smallest absolute Gasteiger partial charge is 0.410 e. The van der Waals surface area contributed by atoms with Gasteiger partial charge in [0.1, 0.15) is 11.3 Å². The van der Waals surface area contributed by atoms with Crippen molar-refractivity contribution in [1.29, 1.82) is 0 Å². The van der Waals surface area contributed by atoms with Crippen LogP contribution in [0.1, 0.15) is 63.5 Å². The van der Waals surface area contributed by atoms with Crippen LogP contribution in [0.25, 0.3) is 10.9 Å². The summed E-state index contributed by atoms with van der Waals surface area (Å²) in [5.41, 5.74) is 1.60. The SMILES string of the molecule is C[C@H]1CC(N(Cc2ccc3nc(C=O)ccc3c2)C(=O)OC(C)(C)C)C[C@H](C)O1. The molecule has 2 heterocycles. The summed E-state index contributed by atoms with van der Waals surface area (Å²) < 4.78 is 11.6. The number of carbonyl (C=O) groups is 2. The molecule has 29 heavy (non-hydrogen) atoms. The van der Waals surface area contributed by atoms with Gasteiger partial charge >= 0.3 is 6.09 Å². The zero-order chi connectivity index (χ0) is 21.2. The van der Waals surface area contributed by atoms with E-state index in [1.54, 1.807) is 6.07 Å². The number of carbonyl (C=O) groups excluding carboxylic acids is 2. The molecular weight excluding hydrogens is 368 g/mol. The molecule has 1 saturated heterocycles. The minimum absolute atomic E-state index is 0.0508. The van der Waals surface area contributed by atoms with Crippen LogP contribution in [0.2, 0.25) is 0 Å². The summed E-state index contributed by atoms with van der Waals surface area (Å²) >= 11 is 0. The number of aromatic nitrogens is 1.